The smallest absolute Gasteiger partial charge is 0.247 e. The highest BCUT2D eigenvalue weighted by atomic mass is 16.5. The van der Waals surface area contributed by atoms with Crippen molar-refractivity contribution in [3.05, 3.63) is 12.3 Å². The molecule has 0 aromatic heterocycles. The van der Waals surface area contributed by atoms with Gasteiger partial charge >= 0.3 is 0 Å². The van der Waals surface area contributed by atoms with Gasteiger partial charge in [-0.05, 0) is 87.5 Å². The van der Waals surface area contributed by atoms with Crippen LogP contribution in [0.4, 0.5) is 0 Å². The first-order valence-corrected chi connectivity index (χ1v) is 30.4. The van der Waals surface area contributed by atoms with Gasteiger partial charge in [-0.25, -0.2) is 0 Å². The molecule has 3 N–H and O–H groups in total. The van der Waals surface area contributed by atoms with Crippen LogP contribution in [-0.2, 0) is 57.5 Å². The molecular formula is C62H108N10O12. The quantitative estimate of drug-likeness (QED) is 0.247. The van der Waals surface area contributed by atoms with E-state index in [1.54, 1.807) is 47.6 Å². The summed E-state index contributed by atoms with van der Waals surface area (Å²) in [6, 6.07) is -11.6. The number of nitrogens with zero attached hydrogens (tertiary/aromatic N) is 7. The second-order valence-corrected chi connectivity index (χ2v) is 26.3. The maximum atomic E-state index is 15.1. The largest absolute Gasteiger partial charge is 0.495 e. The molecule has 0 bridgehead atoms. The van der Waals surface area contributed by atoms with Crippen molar-refractivity contribution in [3.8, 4) is 0 Å². The molecule has 22 nitrogen and oxygen atoms in total. The van der Waals surface area contributed by atoms with Crippen molar-refractivity contribution in [2.45, 2.75) is 223 Å². The molecule has 0 aromatic rings. The van der Waals surface area contributed by atoms with E-state index in [1.165, 1.54) is 104 Å². The van der Waals surface area contributed by atoms with Gasteiger partial charge in [-0.3, -0.25) is 52.7 Å². The number of rotatable bonds is 12. The van der Waals surface area contributed by atoms with Gasteiger partial charge in [0, 0.05) is 67.6 Å². The Hall–Kier alpha value is -6.09. The van der Waals surface area contributed by atoms with E-state index in [0.29, 0.717) is 0 Å². The Labute approximate surface area is 502 Å². The van der Waals surface area contributed by atoms with Gasteiger partial charge in [-0.1, -0.05) is 104 Å². The molecule has 13 atom stereocenters. The fourth-order valence-corrected chi connectivity index (χ4v) is 11.2. The number of hydrogen-bond donors (Lipinski definition) is 3. The van der Waals surface area contributed by atoms with Gasteiger partial charge in [0.15, 0.2) is 5.78 Å². The Kier molecular flexibility index (Phi) is 28.6. The van der Waals surface area contributed by atoms with Crippen LogP contribution in [0.15, 0.2) is 12.3 Å². The summed E-state index contributed by atoms with van der Waals surface area (Å²) in [5.41, 5.74) is 0. The number of nitrogens with one attached hydrogen (secondary N) is 3. The lowest BCUT2D eigenvalue weighted by atomic mass is 9.93. The predicted molar refractivity (Wildman–Crippen MR) is 323 cm³/mol. The topological polar surface area (TPSA) is 256 Å². The summed E-state index contributed by atoms with van der Waals surface area (Å²) in [6.45, 7) is 30.2. The van der Waals surface area contributed by atoms with Crippen molar-refractivity contribution in [2.24, 2.45) is 47.3 Å². The number of ketones is 1. The van der Waals surface area contributed by atoms with Crippen LogP contribution in [0.1, 0.15) is 156 Å². The van der Waals surface area contributed by atoms with Crippen molar-refractivity contribution >= 4 is 64.9 Å². The highest BCUT2D eigenvalue weighted by molar-refractivity contribution is 6.00. The standard InChI is InChI=1S/C62H108N10O12/c1-25-43-58(79)66(18)42(17)57(78)67(19)45(29-34(4)5)54(75)65-49(37(10)11)61(82)68(20)44(28-33(2)3)53(74)63-41(16)48(73)32-40(15)56(77)69(21)46(30-35(6)7)59(80)70(22)47(31-36(8)9)60(81)71(23)50(38(12)13)62(83)72(24)51(55(76)64-43)52-39(14)26-27-84-52/h26-27,33-47,49-52H,25,28-32H2,1-24H3,(H,63,74)(H,64,76)(H,65,75)/t39-,40-,41-,42-,43-,44-,45+,46-,47-,49-,50-,51-,52?/m1/s1. The number of carbonyl (C=O) groups is 11. The van der Waals surface area contributed by atoms with E-state index in [-0.39, 0.29) is 68.1 Å². The zero-order chi connectivity index (χ0) is 64.8. The van der Waals surface area contributed by atoms with E-state index in [2.05, 4.69) is 16.0 Å². The van der Waals surface area contributed by atoms with Gasteiger partial charge in [-0.2, -0.15) is 0 Å². The number of Topliss-reactive ketones (excluding diaryl/α,β-unsaturated/α-hetero) is 1. The van der Waals surface area contributed by atoms with Crippen LogP contribution in [0.25, 0.3) is 0 Å². The van der Waals surface area contributed by atoms with E-state index in [1.807, 2.05) is 62.3 Å². The molecule has 0 spiro atoms. The van der Waals surface area contributed by atoms with E-state index < -0.39 is 149 Å². The van der Waals surface area contributed by atoms with E-state index in [0.717, 1.165) is 0 Å². The number of likely N-dealkylation sites (N-methyl/N-ethyl adjacent to an activating group) is 7. The van der Waals surface area contributed by atoms with Crippen LogP contribution in [0.3, 0.4) is 0 Å². The molecule has 2 heterocycles. The van der Waals surface area contributed by atoms with Crippen LogP contribution >= 0.6 is 0 Å². The average Bonchev–Trinajstić information content (AvgIpc) is 2.83. The van der Waals surface area contributed by atoms with Gasteiger partial charge in [-0.15, -0.1) is 0 Å². The first kappa shape index (κ1) is 74.0. The third kappa shape index (κ3) is 19.0. The van der Waals surface area contributed by atoms with Gasteiger partial charge in [0.2, 0.25) is 59.1 Å². The second-order valence-electron chi connectivity index (χ2n) is 26.3. The Morgan fingerprint density at radius 1 is 0.464 bits per heavy atom. The first-order chi connectivity index (χ1) is 38.8. The third-order valence-electron chi connectivity index (χ3n) is 16.7. The van der Waals surface area contributed by atoms with E-state index in [9.17, 15) is 43.2 Å². The molecule has 84 heavy (non-hydrogen) atoms. The number of carbonyl (C=O) groups excluding carboxylic acids is 11. The number of amides is 10. The SMILES string of the molecule is CC[C@H]1NC(=O)[C@@H](C2OC=C[C@H]2C)N(C)C(=O)[C@@H](C(C)C)N(C)C(=O)[C@@H](CC(C)C)N(C)C(=O)[C@@H](CC(C)C)N(C)C(=O)[C@H](C)CC(=O)[C@@H](C)NC(=O)[C@@H](CC(C)C)N(C)C(=O)[C@@H](C(C)C)NC(=O)[C@H](CC(C)C)N(C)C(=O)[C@@H](C)N(C)C1=O. The summed E-state index contributed by atoms with van der Waals surface area (Å²) in [6.07, 6.45) is 2.77. The normalized spacial score (nSPS) is 29.6. The molecule has 0 aliphatic carbocycles. The summed E-state index contributed by atoms with van der Waals surface area (Å²) in [5, 5.41) is 8.51. The molecular weight excluding hydrogens is 1080 g/mol. The summed E-state index contributed by atoms with van der Waals surface area (Å²) in [5.74, 6) is -9.38. The van der Waals surface area contributed by atoms with Gasteiger partial charge in [0.1, 0.15) is 60.5 Å². The lowest BCUT2D eigenvalue weighted by molar-refractivity contribution is -0.157. The number of hydrogen-bond acceptors (Lipinski definition) is 12. The summed E-state index contributed by atoms with van der Waals surface area (Å²) in [7, 11) is 10.2. The average molecular weight is 1190 g/mol. The van der Waals surface area contributed by atoms with Crippen molar-refractivity contribution in [3.63, 3.8) is 0 Å². The maximum absolute atomic E-state index is 15.1. The van der Waals surface area contributed by atoms with E-state index >= 15 is 9.59 Å². The van der Waals surface area contributed by atoms with Crippen LogP contribution in [-0.4, -0.2) is 215 Å². The van der Waals surface area contributed by atoms with Crippen molar-refractivity contribution in [1.29, 1.82) is 0 Å². The molecule has 478 valence electrons. The van der Waals surface area contributed by atoms with Gasteiger partial charge in [0.05, 0.1) is 12.3 Å². The summed E-state index contributed by atoms with van der Waals surface area (Å²) < 4.78 is 6.00. The number of ether oxygens (including phenoxy) is 1. The van der Waals surface area contributed by atoms with Crippen LogP contribution in [0.5, 0.6) is 0 Å². The van der Waals surface area contributed by atoms with Crippen molar-refractivity contribution in [1.82, 2.24) is 50.2 Å². The van der Waals surface area contributed by atoms with E-state index in [4.69, 9.17) is 4.74 Å². The van der Waals surface area contributed by atoms with Crippen molar-refractivity contribution < 1.29 is 57.5 Å². The van der Waals surface area contributed by atoms with Gasteiger partial charge in [0.25, 0.3) is 0 Å². The minimum atomic E-state index is -1.35. The molecule has 1 unspecified atom stereocenters. The Morgan fingerprint density at radius 2 is 0.893 bits per heavy atom. The highest BCUT2D eigenvalue weighted by Gasteiger charge is 2.47. The second kappa shape index (κ2) is 32.4. The highest BCUT2D eigenvalue weighted by Crippen LogP contribution is 2.28. The molecule has 0 saturated carbocycles. The van der Waals surface area contributed by atoms with Crippen LogP contribution < -0.4 is 16.0 Å². The maximum Gasteiger partial charge on any atom is 0.247 e. The van der Waals surface area contributed by atoms with Crippen LogP contribution in [0.2, 0.25) is 0 Å². The predicted octanol–water partition coefficient (Wildman–Crippen LogP) is 4.33. The Morgan fingerprint density at radius 3 is 1.32 bits per heavy atom. The molecule has 2 aliphatic rings. The molecule has 0 radical (unpaired) electrons. The molecule has 2 rings (SSSR count). The minimum Gasteiger partial charge on any atom is -0.495 e. The molecule has 1 fully saturated rings. The monoisotopic (exact) mass is 1180 g/mol. The third-order valence-corrected chi connectivity index (χ3v) is 16.7. The Balaban J connectivity index is 2.95. The molecule has 22 heteroatoms. The lowest BCUT2D eigenvalue weighted by Gasteiger charge is -2.41. The van der Waals surface area contributed by atoms with Crippen LogP contribution in [0, 0.1) is 47.3 Å². The molecule has 10 amide bonds. The molecule has 1 saturated heterocycles. The first-order valence-electron chi connectivity index (χ1n) is 30.4. The zero-order valence-electron chi connectivity index (χ0n) is 55.4. The lowest BCUT2D eigenvalue weighted by Crippen LogP contribution is -2.63. The fraction of sp³-hybridized carbons (Fsp3) is 0.790. The Bertz CT molecular complexity index is 2360. The minimum absolute atomic E-state index is 0.0694. The van der Waals surface area contributed by atoms with Gasteiger partial charge < -0.3 is 55.0 Å². The summed E-state index contributed by atoms with van der Waals surface area (Å²) in [4.78, 5) is 170. The van der Waals surface area contributed by atoms with Crippen molar-refractivity contribution in [2.75, 3.05) is 49.3 Å². The zero-order valence-corrected chi connectivity index (χ0v) is 55.4. The molecule has 2 aliphatic heterocycles. The molecule has 0 aromatic carbocycles. The fourth-order valence-electron chi connectivity index (χ4n) is 11.2. The summed E-state index contributed by atoms with van der Waals surface area (Å²) >= 11 is 0.